The monoisotopic (exact) mass is 551 g/mol. The van der Waals surface area contributed by atoms with Crippen LogP contribution in [-0.4, -0.2) is 86.2 Å². The predicted octanol–water partition coefficient (Wildman–Crippen LogP) is 0.0235. The van der Waals surface area contributed by atoms with Crippen molar-refractivity contribution in [1.82, 2.24) is 20.5 Å². The van der Waals surface area contributed by atoms with Crippen LogP contribution in [0, 0.1) is 0 Å². The largest absolute Gasteiger partial charge is 0.508 e. The van der Waals surface area contributed by atoms with Crippen LogP contribution in [0.2, 0.25) is 0 Å². The zero-order valence-corrected chi connectivity index (χ0v) is 21.7. The number of aliphatic hydroxyl groups is 1. The number of benzene rings is 2. The number of hydrogen-bond acceptors (Lipinski definition) is 7. The van der Waals surface area contributed by atoms with Gasteiger partial charge in [0, 0.05) is 30.1 Å². The van der Waals surface area contributed by atoms with Crippen molar-refractivity contribution < 1.29 is 34.5 Å². The number of aliphatic hydroxyl groups excluding tert-OH is 1. The van der Waals surface area contributed by atoms with Crippen molar-refractivity contribution in [3.05, 3.63) is 65.9 Å². The number of phenols is 1. The summed E-state index contributed by atoms with van der Waals surface area (Å²) in [5.41, 5.74) is 8.69. The molecule has 8 N–H and O–H groups in total. The Bertz CT molecular complexity index is 1370. The summed E-state index contributed by atoms with van der Waals surface area (Å²) in [6.45, 7) is -0.563. The smallest absolute Gasteiger partial charge is 0.328 e. The van der Waals surface area contributed by atoms with Crippen LogP contribution in [0.4, 0.5) is 0 Å². The van der Waals surface area contributed by atoms with Gasteiger partial charge in [-0.2, -0.15) is 0 Å². The van der Waals surface area contributed by atoms with Crippen LogP contribution in [0.5, 0.6) is 5.75 Å². The molecule has 0 aliphatic carbocycles. The van der Waals surface area contributed by atoms with Gasteiger partial charge in [-0.1, -0.05) is 30.3 Å². The highest BCUT2D eigenvalue weighted by Crippen LogP contribution is 2.22. The molecule has 212 valence electrons. The van der Waals surface area contributed by atoms with Gasteiger partial charge in [-0.3, -0.25) is 14.4 Å². The number of carbonyl (C=O) groups excluding carboxylic acids is 3. The quantitative estimate of drug-likeness (QED) is 0.173. The molecule has 0 radical (unpaired) electrons. The van der Waals surface area contributed by atoms with E-state index in [9.17, 15) is 34.5 Å². The van der Waals surface area contributed by atoms with Gasteiger partial charge in [-0.15, -0.1) is 0 Å². The fraction of sp³-hybridized carbons (Fsp3) is 0.357. The summed E-state index contributed by atoms with van der Waals surface area (Å²) in [5.74, 6) is -3.11. The zero-order chi connectivity index (χ0) is 28.8. The molecule has 3 aromatic rings. The molecular formula is C28H33N5O7. The van der Waals surface area contributed by atoms with Crippen LogP contribution in [0.3, 0.4) is 0 Å². The van der Waals surface area contributed by atoms with Gasteiger partial charge in [0.15, 0.2) is 0 Å². The maximum absolute atomic E-state index is 13.7. The van der Waals surface area contributed by atoms with Crippen molar-refractivity contribution in [3.63, 3.8) is 0 Å². The highest BCUT2D eigenvalue weighted by molar-refractivity contribution is 5.95. The Morgan fingerprint density at radius 1 is 1.02 bits per heavy atom. The molecule has 1 saturated heterocycles. The molecule has 1 aliphatic heterocycles. The third-order valence-electron chi connectivity index (χ3n) is 7.08. The summed E-state index contributed by atoms with van der Waals surface area (Å²) in [6.07, 6.45) is 2.89. The summed E-state index contributed by atoms with van der Waals surface area (Å²) < 4.78 is 0. The van der Waals surface area contributed by atoms with Gasteiger partial charge in [0.1, 0.15) is 23.9 Å². The molecule has 12 heteroatoms. The van der Waals surface area contributed by atoms with E-state index in [-0.39, 0.29) is 25.1 Å². The van der Waals surface area contributed by atoms with E-state index in [0.717, 1.165) is 16.5 Å². The number of aromatic amines is 1. The standard InChI is InChI=1S/C28H33N5O7/c29-20(13-17-14-30-21-5-2-1-4-19(17)21)25(36)31-22(12-16-7-9-18(35)10-8-16)27(38)33-11-3-6-24(33)26(37)32-23(15-34)28(39)40/h1-2,4-5,7-10,14,20,22-24,30,34-35H,3,6,11-13,15,29H2,(H,31,36)(H,32,37)(H,39,40). The number of aromatic hydroxyl groups is 1. The number of carboxylic acid groups (broad SMARTS) is 1. The molecule has 4 atom stereocenters. The van der Waals surface area contributed by atoms with Crippen molar-refractivity contribution in [2.75, 3.05) is 13.2 Å². The van der Waals surface area contributed by atoms with Crippen LogP contribution in [0.15, 0.2) is 54.7 Å². The lowest BCUT2D eigenvalue weighted by Crippen LogP contribution is -2.57. The van der Waals surface area contributed by atoms with Crippen molar-refractivity contribution >= 4 is 34.6 Å². The topological polar surface area (TPSA) is 198 Å². The summed E-state index contributed by atoms with van der Waals surface area (Å²) in [6, 6.07) is 9.31. The van der Waals surface area contributed by atoms with Gasteiger partial charge in [0.05, 0.1) is 12.6 Å². The van der Waals surface area contributed by atoms with Crippen LogP contribution < -0.4 is 16.4 Å². The number of fused-ring (bicyclic) bond motifs is 1. The Kier molecular flexibility index (Phi) is 9.02. The van der Waals surface area contributed by atoms with Crippen LogP contribution in [0.25, 0.3) is 10.9 Å². The van der Waals surface area contributed by atoms with E-state index < -0.39 is 54.5 Å². The van der Waals surface area contributed by atoms with Crippen molar-refractivity contribution in [2.24, 2.45) is 5.73 Å². The summed E-state index contributed by atoms with van der Waals surface area (Å²) in [5, 5.41) is 34.1. The summed E-state index contributed by atoms with van der Waals surface area (Å²) >= 11 is 0. The Morgan fingerprint density at radius 3 is 2.45 bits per heavy atom. The first-order valence-electron chi connectivity index (χ1n) is 13.0. The second-order valence-electron chi connectivity index (χ2n) is 9.87. The lowest BCUT2D eigenvalue weighted by Gasteiger charge is -2.30. The average molecular weight is 552 g/mol. The molecule has 1 aliphatic rings. The number of likely N-dealkylation sites (tertiary alicyclic amines) is 1. The second-order valence-corrected chi connectivity index (χ2v) is 9.87. The average Bonchev–Trinajstić information content (AvgIpc) is 3.59. The van der Waals surface area contributed by atoms with Gasteiger partial charge in [0.2, 0.25) is 17.7 Å². The maximum atomic E-state index is 13.7. The minimum absolute atomic E-state index is 0.0459. The number of aliphatic carboxylic acids is 1. The molecule has 4 unspecified atom stereocenters. The molecule has 1 fully saturated rings. The Hall–Kier alpha value is -4.42. The molecule has 2 aromatic carbocycles. The fourth-order valence-corrected chi connectivity index (χ4v) is 4.93. The number of carboxylic acids is 1. The molecule has 0 bridgehead atoms. The number of phenolic OH excluding ortho intramolecular Hbond substituents is 1. The molecule has 40 heavy (non-hydrogen) atoms. The Balaban J connectivity index is 1.51. The number of hydrogen-bond donors (Lipinski definition) is 7. The van der Waals surface area contributed by atoms with E-state index in [0.29, 0.717) is 18.4 Å². The van der Waals surface area contributed by atoms with E-state index in [4.69, 9.17) is 5.73 Å². The molecule has 0 saturated carbocycles. The molecular weight excluding hydrogens is 518 g/mol. The molecule has 1 aromatic heterocycles. The highest BCUT2D eigenvalue weighted by atomic mass is 16.4. The first-order chi connectivity index (χ1) is 19.2. The number of nitrogens with zero attached hydrogens (tertiary/aromatic N) is 1. The molecule has 3 amide bonds. The molecule has 12 nitrogen and oxygen atoms in total. The third-order valence-corrected chi connectivity index (χ3v) is 7.08. The minimum Gasteiger partial charge on any atom is -0.508 e. The number of nitrogens with two attached hydrogens (primary N) is 1. The van der Waals surface area contributed by atoms with Gasteiger partial charge in [-0.05, 0) is 48.6 Å². The van der Waals surface area contributed by atoms with Gasteiger partial charge >= 0.3 is 5.97 Å². The normalized spacial score (nSPS) is 17.2. The number of nitrogens with one attached hydrogen (secondary N) is 3. The Labute approximate surface area is 230 Å². The summed E-state index contributed by atoms with van der Waals surface area (Å²) in [4.78, 5) is 55.6. The maximum Gasteiger partial charge on any atom is 0.328 e. The van der Waals surface area contributed by atoms with E-state index in [2.05, 4.69) is 15.6 Å². The molecule has 2 heterocycles. The number of para-hydroxylation sites is 1. The van der Waals surface area contributed by atoms with E-state index in [1.54, 1.807) is 18.3 Å². The predicted molar refractivity (Wildman–Crippen MR) is 145 cm³/mol. The van der Waals surface area contributed by atoms with Crippen molar-refractivity contribution in [2.45, 2.75) is 49.9 Å². The van der Waals surface area contributed by atoms with E-state index in [1.165, 1.54) is 17.0 Å². The molecule has 0 spiro atoms. The van der Waals surface area contributed by atoms with Gasteiger partial charge in [0.25, 0.3) is 0 Å². The zero-order valence-electron chi connectivity index (χ0n) is 21.7. The third kappa shape index (κ3) is 6.58. The van der Waals surface area contributed by atoms with Crippen LogP contribution >= 0.6 is 0 Å². The lowest BCUT2D eigenvalue weighted by molar-refractivity contribution is -0.145. The lowest BCUT2D eigenvalue weighted by atomic mass is 10.0. The summed E-state index contributed by atoms with van der Waals surface area (Å²) in [7, 11) is 0. The minimum atomic E-state index is -1.50. The highest BCUT2D eigenvalue weighted by Gasteiger charge is 2.39. The van der Waals surface area contributed by atoms with Crippen molar-refractivity contribution in [1.29, 1.82) is 0 Å². The van der Waals surface area contributed by atoms with Crippen LogP contribution in [-0.2, 0) is 32.0 Å². The van der Waals surface area contributed by atoms with E-state index >= 15 is 0 Å². The van der Waals surface area contributed by atoms with Crippen LogP contribution in [0.1, 0.15) is 24.0 Å². The molecule has 4 rings (SSSR count). The first kappa shape index (κ1) is 28.6. The number of aromatic nitrogens is 1. The van der Waals surface area contributed by atoms with Gasteiger partial charge < -0.3 is 41.6 Å². The number of rotatable bonds is 11. The first-order valence-corrected chi connectivity index (χ1v) is 13.0. The SMILES string of the molecule is NC(Cc1c[nH]c2ccccc12)C(=O)NC(Cc1ccc(O)cc1)C(=O)N1CCCC1C(=O)NC(CO)C(=O)O. The second kappa shape index (κ2) is 12.6. The van der Waals surface area contributed by atoms with Crippen molar-refractivity contribution in [3.8, 4) is 5.75 Å². The number of carbonyl (C=O) groups is 4. The van der Waals surface area contributed by atoms with Gasteiger partial charge in [-0.25, -0.2) is 4.79 Å². The number of H-pyrrole nitrogens is 1. The Morgan fingerprint density at radius 2 is 1.75 bits per heavy atom. The fourth-order valence-electron chi connectivity index (χ4n) is 4.93. The number of amides is 3. The van der Waals surface area contributed by atoms with E-state index in [1.807, 2.05) is 24.3 Å².